The predicted molar refractivity (Wildman–Crippen MR) is 218 cm³/mol. The first kappa shape index (κ1) is 45.3. The predicted octanol–water partition coefficient (Wildman–Crippen LogP) is 6.58. The molecule has 3 aliphatic rings. The average Bonchev–Trinajstić information content (AvgIpc) is 3.23. The van der Waals surface area contributed by atoms with Gasteiger partial charge in [0, 0.05) is 18.8 Å². The molecule has 3 fully saturated rings. The first-order valence-corrected chi connectivity index (χ1v) is 21.2. The van der Waals surface area contributed by atoms with Crippen LogP contribution in [0.15, 0.2) is 91.0 Å². The van der Waals surface area contributed by atoms with Crippen molar-refractivity contribution in [1.29, 1.82) is 0 Å². The van der Waals surface area contributed by atoms with Crippen LogP contribution in [0.1, 0.15) is 71.6 Å². The fourth-order valence-corrected chi connectivity index (χ4v) is 8.37. The molecule has 2 N–H and O–H groups in total. The number of hydrogen-bond donors (Lipinski definition) is 2. The van der Waals surface area contributed by atoms with Gasteiger partial charge in [-0.1, -0.05) is 126 Å². The lowest BCUT2D eigenvalue weighted by Crippen LogP contribution is -2.66. The van der Waals surface area contributed by atoms with E-state index in [1.807, 2.05) is 105 Å². The highest BCUT2D eigenvalue weighted by molar-refractivity contribution is 5.66. The lowest BCUT2D eigenvalue weighted by molar-refractivity contribution is -0.380. The third-order valence-electron chi connectivity index (χ3n) is 12.2. The molecule has 12 heteroatoms. The fraction of sp³-hybridized carbons (Fsp3) is 0.596. The summed E-state index contributed by atoms with van der Waals surface area (Å²) >= 11 is 0. The van der Waals surface area contributed by atoms with Gasteiger partial charge < -0.3 is 52.8 Å². The van der Waals surface area contributed by atoms with Crippen molar-refractivity contribution in [2.24, 2.45) is 23.7 Å². The molecule has 3 saturated heterocycles. The van der Waals surface area contributed by atoms with Gasteiger partial charge in [0.1, 0.15) is 30.5 Å². The maximum atomic E-state index is 12.4. The molecule has 6 rings (SSSR count). The quantitative estimate of drug-likeness (QED) is 0.142. The molecule has 59 heavy (non-hydrogen) atoms. The van der Waals surface area contributed by atoms with Crippen molar-refractivity contribution in [2.45, 2.75) is 149 Å². The summed E-state index contributed by atoms with van der Waals surface area (Å²) < 4.78 is 58.7. The van der Waals surface area contributed by atoms with Crippen LogP contribution in [-0.2, 0) is 67.2 Å². The maximum absolute atomic E-state index is 12.4. The normalized spacial score (nSPS) is 35.5. The summed E-state index contributed by atoms with van der Waals surface area (Å²) in [4.78, 5) is 12.4. The Bertz CT molecular complexity index is 1680. The van der Waals surface area contributed by atoms with Crippen LogP contribution in [0.5, 0.6) is 0 Å². The molecule has 0 aromatic heterocycles. The van der Waals surface area contributed by atoms with Gasteiger partial charge in [-0.15, -0.1) is 0 Å². The summed E-state index contributed by atoms with van der Waals surface area (Å²) in [6.45, 7) is 14.2. The molecule has 324 valence electrons. The third-order valence-corrected chi connectivity index (χ3v) is 12.2. The molecule has 0 saturated carbocycles. The van der Waals surface area contributed by atoms with Crippen molar-refractivity contribution < 1.29 is 57.6 Å². The number of rotatable bonds is 17. The van der Waals surface area contributed by atoms with Crippen molar-refractivity contribution >= 4 is 5.97 Å². The highest BCUT2D eigenvalue weighted by Crippen LogP contribution is 2.40. The van der Waals surface area contributed by atoms with Crippen LogP contribution < -0.4 is 0 Å². The van der Waals surface area contributed by atoms with E-state index in [0.29, 0.717) is 19.6 Å². The maximum Gasteiger partial charge on any atom is 0.303 e. The Morgan fingerprint density at radius 2 is 1.14 bits per heavy atom. The Labute approximate surface area is 349 Å². The van der Waals surface area contributed by atoms with Crippen LogP contribution in [0.3, 0.4) is 0 Å². The minimum absolute atomic E-state index is 0.0616. The van der Waals surface area contributed by atoms with Gasteiger partial charge in [0.05, 0.1) is 44.7 Å². The van der Waals surface area contributed by atoms with Crippen LogP contribution in [0.4, 0.5) is 0 Å². The summed E-state index contributed by atoms with van der Waals surface area (Å²) in [5.41, 5.74) is 2.93. The number of aliphatic hydroxyl groups is 2. The SMILES string of the molecule is CCC1O[C@@H](O[C@@H]2C(OCc3ccccc3)[C@H](O[C@@H]3C(COCc4ccccc4)O[C@@H](OCc4ccccc4)C(C)[C@H]3C)OC(C(C)O)[C@H]2O)[C@@H](OC(C)=O)C(C)[C@H]1C. The molecule has 3 aliphatic heterocycles. The van der Waals surface area contributed by atoms with Gasteiger partial charge >= 0.3 is 5.97 Å². The zero-order valence-corrected chi connectivity index (χ0v) is 35.4. The van der Waals surface area contributed by atoms with E-state index in [4.69, 9.17) is 42.6 Å². The average molecular weight is 821 g/mol. The summed E-state index contributed by atoms with van der Waals surface area (Å²) in [5, 5.41) is 23.1. The zero-order chi connectivity index (χ0) is 42.1. The summed E-state index contributed by atoms with van der Waals surface area (Å²) in [7, 11) is 0. The number of hydrogen-bond acceptors (Lipinski definition) is 12. The van der Waals surface area contributed by atoms with Crippen LogP contribution in [0.2, 0.25) is 0 Å². The first-order chi connectivity index (χ1) is 28.4. The van der Waals surface area contributed by atoms with Gasteiger partial charge in [-0.25, -0.2) is 0 Å². The molecule has 0 aliphatic carbocycles. The van der Waals surface area contributed by atoms with Crippen molar-refractivity contribution in [3.8, 4) is 0 Å². The molecular weight excluding hydrogens is 757 g/mol. The largest absolute Gasteiger partial charge is 0.457 e. The van der Waals surface area contributed by atoms with Crippen molar-refractivity contribution in [3.05, 3.63) is 108 Å². The Morgan fingerprint density at radius 3 is 1.69 bits per heavy atom. The van der Waals surface area contributed by atoms with Crippen LogP contribution in [-0.4, -0.2) is 96.6 Å². The third kappa shape index (κ3) is 11.6. The molecule has 7 unspecified atom stereocenters. The van der Waals surface area contributed by atoms with E-state index in [0.717, 1.165) is 16.7 Å². The van der Waals surface area contributed by atoms with E-state index >= 15 is 0 Å². The van der Waals surface area contributed by atoms with Gasteiger partial charge in [0.15, 0.2) is 25.0 Å². The Hall–Kier alpha value is -3.27. The molecule has 0 bridgehead atoms. The Kier molecular flexibility index (Phi) is 16.5. The van der Waals surface area contributed by atoms with Gasteiger partial charge in [0.2, 0.25) is 0 Å². The monoisotopic (exact) mass is 820 g/mol. The molecule has 16 atom stereocenters. The number of carbonyl (C=O) groups is 1. The van der Waals surface area contributed by atoms with Crippen LogP contribution >= 0.6 is 0 Å². The highest BCUT2D eigenvalue weighted by atomic mass is 16.8. The van der Waals surface area contributed by atoms with Crippen molar-refractivity contribution in [2.75, 3.05) is 6.61 Å². The Morgan fingerprint density at radius 1 is 0.627 bits per heavy atom. The second-order valence-electron chi connectivity index (χ2n) is 16.5. The second-order valence-corrected chi connectivity index (χ2v) is 16.5. The number of esters is 1. The number of aliphatic hydroxyl groups excluding tert-OH is 2. The second kappa shape index (κ2) is 21.5. The van der Waals surface area contributed by atoms with E-state index in [1.54, 1.807) is 6.92 Å². The molecule has 3 aromatic carbocycles. The standard InChI is InChI=1S/C47H64O12/c1-8-37-28(2)29(3)41(54-33(7)49)46(55-37)59-43-39(50)42(32(6)48)58-47(44(43)52-25-35-20-14-10-15-21-35)57-40-30(4)31(5)45(53-26-36-22-16-11-17-23-36)56-38(40)27-51-24-34-18-12-9-13-19-34/h9-23,28-32,37-48,50H,8,24-27H2,1-7H3/t28-,29?,30-,31?,32?,37?,38?,39-,40+,41+,42?,43+,44?,45-,46+,47-/m1/s1. The number of ether oxygens (including phenoxy) is 9. The van der Waals surface area contributed by atoms with E-state index in [9.17, 15) is 15.0 Å². The van der Waals surface area contributed by atoms with Gasteiger partial charge in [-0.05, 0) is 41.9 Å². The molecule has 3 heterocycles. The van der Waals surface area contributed by atoms with Crippen molar-refractivity contribution in [3.63, 3.8) is 0 Å². The molecule has 3 aromatic rings. The smallest absolute Gasteiger partial charge is 0.303 e. The number of carbonyl (C=O) groups excluding carboxylic acids is 1. The van der Waals surface area contributed by atoms with E-state index in [-0.39, 0.29) is 43.0 Å². The van der Waals surface area contributed by atoms with Gasteiger partial charge in [-0.3, -0.25) is 4.79 Å². The first-order valence-electron chi connectivity index (χ1n) is 21.2. The summed E-state index contributed by atoms with van der Waals surface area (Å²) in [6, 6.07) is 29.5. The summed E-state index contributed by atoms with van der Waals surface area (Å²) in [6.07, 6.45) is -10.1. The fourth-order valence-electron chi connectivity index (χ4n) is 8.37. The molecule has 0 radical (unpaired) electrons. The van der Waals surface area contributed by atoms with Gasteiger partial charge in [0.25, 0.3) is 0 Å². The van der Waals surface area contributed by atoms with E-state index < -0.39 is 73.7 Å². The molecule has 0 amide bonds. The topological polar surface area (TPSA) is 141 Å². The van der Waals surface area contributed by atoms with E-state index in [1.165, 1.54) is 6.92 Å². The van der Waals surface area contributed by atoms with E-state index in [2.05, 4.69) is 20.8 Å². The minimum atomic E-state index is -1.38. The Balaban J connectivity index is 1.31. The summed E-state index contributed by atoms with van der Waals surface area (Å²) in [5.74, 6) is -0.807. The van der Waals surface area contributed by atoms with Gasteiger partial charge in [-0.2, -0.15) is 0 Å². The number of benzene rings is 3. The molecule has 12 nitrogen and oxygen atoms in total. The highest BCUT2D eigenvalue weighted by Gasteiger charge is 2.55. The molecular formula is C47H64O12. The van der Waals surface area contributed by atoms with Crippen LogP contribution in [0.25, 0.3) is 0 Å². The molecule has 0 spiro atoms. The minimum Gasteiger partial charge on any atom is -0.457 e. The lowest BCUT2D eigenvalue weighted by Gasteiger charge is -2.51. The zero-order valence-electron chi connectivity index (χ0n) is 35.4. The van der Waals surface area contributed by atoms with Crippen molar-refractivity contribution in [1.82, 2.24) is 0 Å². The van der Waals surface area contributed by atoms with Crippen LogP contribution in [0, 0.1) is 23.7 Å². The lowest BCUT2D eigenvalue weighted by atomic mass is 9.82.